The SMILES string of the molecule is C=CC1CCC(O)CC1C(=C)C.CC.CC.CC.CC.CC.CC.OC1CCCC(C2CCCC(O)C2)C1. The Morgan fingerprint density at radius 1 is 0.553 bits per heavy atom. The Morgan fingerprint density at radius 2 is 0.895 bits per heavy atom. The van der Waals surface area contributed by atoms with Crippen LogP contribution in [0.25, 0.3) is 0 Å². The van der Waals surface area contributed by atoms with Crippen LogP contribution in [0.3, 0.4) is 0 Å². The first kappa shape index (κ1) is 47.2. The summed E-state index contributed by atoms with van der Waals surface area (Å²) in [5.41, 5.74) is 1.18. The average Bonchev–Trinajstić information content (AvgIpc) is 2.99. The van der Waals surface area contributed by atoms with Gasteiger partial charge in [-0.3, -0.25) is 0 Å². The second kappa shape index (κ2) is 36.4. The minimum absolute atomic E-state index is 0.0622. The fourth-order valence-corrected chi connectivity index (χ4v) is 5.28. The Hall–Kier alpha value is -0.640. The molecule has 3 heteroatoms. The van der Waals surface area contributed by atoms with Gasteiger partial charge < -0.3 is 15.3 Å². The van der Waals surface area contributed by atoms with Crippen molar-refractivity contribution in [2.24, 2.45) is 23.7 Å². The molecule has 3 aliphatic rings. The molecule has 7 unspecified atom stereocenters. The lowest BCUT2D eigenvalue weighted by molar-refractivity contribution is 0.0357. The van der Waals surface area contributed by atoms with Gasteiger partial charge in [-0.2, -0.15) is 0 Å². The van der Waals surface area contributed by atoms with E-state index in [0.717, 1.165) is 44.9 Å². The van der Waals surface area contributed by atoms with E-state index in [4.69, 9.17) is 0 Å². The van der Waals surface area contributed by atoms with E-state index in [1.165, 1.54) is 31.3 Å². The van der Waals surface area contributed by atoms with E-state index >= 15 is 0 Å². The Bertz CT molecular complexity index is 428. The molecule has 0 bridgehead atoms. The van der Waals surface area contributed by atoms with E-state index in [1.54, 1.807) is 0 Å². The van der Waals surface area contributed by atoms with Crippen LogP contribution in [0.2, 0.25) is 0 Å². The lowest BCUT2D eigenvalue weighted by atomic mass is 9.72. The summed E-state index contributed by atoms with van der Waals surface area (Å²) < 4.78 is 0. The summed E-state index contributed by atoms with van der Waals surface area (Å²) >= 11 is 0. The van der Waals surface area contributed by atoms with Gasteiger partial charge in [-0.25, -0.2) is 0 Å². The van der Waals surface area contributed by atoms with Crippen molar-refractivity contribution in [1.82, 2.24) is 0 Å². The second-order valence-electron chi connectivity index (χ2n) is 8.98. The number of rotatable bonds is 3. The average molecular weight is 545 g/mol. The topological polar surface area (TPSA) is 60.7 Å². The molecule has 0 aromatic heterocycles. The monoisotopic (exact) mass is 545 g/mol. The Kier molecular flexibility index (Phi) is 45.1. The van der Waals surface area contributed by atoms with Crippen LogP contribution in [-0.2, 0) is 0 Å². The molecule has 3 saturated carbocycles. The van der Waals surface area contributed by atoms with Crippen LogP contribution < -0.4 is 0 Å². The Balaban J connectivity index is -0.000000138. The molecular weight excluding hydrogens is 468 g/mol. The molecule has 7 atom stereocenters. The number of hydrogen-bond acceptors (Lipinski definition) is 3. The molecule has 234 valence electrons. The first-order chi connectivity index (χ1) is 18.4. The highest BCUT2D eigenvalue weighted by atomic mass is 16.3. The molecule has 0 aliphatic heterocycles. The van der Waals surface area contributed by atoms with E-state index in [9.17, 15) is 15.3 Å². The van der Waals surface area contributed by atoms with Gasteiger partial charge in [0.05, 0.1) is 18.3 Å². The zero-order chi connectivity index (χ0) is 31.1. The third-order valence-electron chi connectivity index (χ3n) is 6.85. The van der Waals surface area contributed by atoms with E-state index in [1.807, 2.05) is 96.1 Å². The highest BCUT2D eigenvalue weighted by molar-refractivity contribution is 5.05. The summed E-state index contributed by atoms with van der Waals surface area (Å²) in [4.78, 5) is 0. The van der Waals surface area contributed by atoms with Crippen LogP contribution in [0.5, 0.6) is 0 Å². The maximum absolute atomic E-state index is 9.61. The van der Waals surface area contributed by atoms with Crippen LogP contribution in [-0.4, -0.2) is 33.6 Å². The summed E-state index contributed by atoms with van der Waals surface area (Å²) in [6.45, 7) is 33.8. The quantitative estimate of drug-likeness (QED) is 0.310. The lowest BCUT2D eigenvalue weighted by Crippen LogP contribution is -2.30. The number of hydrogen-bond donors (Lipinski definition) is 3. The van der Waals surface area contributed by atoms with Crippen molar-refractivity contribution in [3.05, 3.63) is 24.8 Å². The predicted molar refractivity (Wildman–Crippen MR) is 176 cm³/mol. The summed E-state index contributed by atoms with van der Waals surface area (Å²) in [6.07, 6.45) is 13.5. The molecular formula is C35H76O3. The van der Waals surface area contributed by atoms with Crippen molar-refractivity contribution in [2.45, 2.75) is 179 Å². The third kappa shape index (κ3) is 23.3. The normalized spacial score (nSPS) is 28.9. The van der Waals surface area contributed by atoms with Gasteiger partial charge in [0.15, 0.2) is 0 Å². The van der Waals surface area contributed by atoms with Crippen molar-refractivity contribution >= 4 is 0 Å². The van der Waals surface area contributed by atoms with E-state index in [2.05, 4.69) is 13.2 Å². The molecule has 0 amide bonds. The third-order valence-corrected chi connectivity index (χ3v) is 6.85. The first-order valence-corrected chi connectivity index (χ1v) is 16.7. The van der Waals surface area contributed by atoms with Crippen LogP contribution in [0.1, 0.15) is 161 Å². The van der Waals surface area contributed by atoms with Gasteiger partial charge in [-0.15, -0.1) is 6.58 Å². The summed E-state index contributed by atoms with van der Waals surface area (Å²) in [6, 6.07) is 0. The van der Waals surface area contributed by atoms with Gasteiger partial charge in [0.1, 0.15) is 0 Å². The maximum atomic E-state index is 9.61. The van der Waals surface area contributed by atoms with Gasteiger partial charge in [0.25, 0.3) is 0 Å². The minimum atomic E-state index is -0.122. The van der Waals surface area contributed by atoms with Crippen LogP contribution >= 0.6 is 0 Å². The molecule has 0 aromatic carbocycles. The van der Waals surface area contributed by atoms with Gasteiger partial charge in [-0.05, 0) is 88.4 Å². The first-order valence-electron chi connectivity index (χ1n) is 16.7. The zero-order valence-corrected chi connectivity index (χ0v) is 28.7. The fraction of sp³-hybridized carbons (Fsp3) is 0.886. The fourth-order valence-electron chi connectivity index (χ4n) is 5.28. The Labute approximate surface area is 242 Å². The molecule has 0 saturated heterocycles. The molecule has 0 heterocycles. The maximum Gasteiger partial charge on any atom is 0.0546 e. The van der Waals surface area contributed by atoms with Gasteiger partial charge in [0, 0.05) is 0 Å². The molecule has 0 aromatic rings. The lowest BCUT2D eigenvalue weighted by Gasteiger charge is -2.36. The van der Waals surface area contributed by atoms with Gasteiger partial charge in [-0.1, -0.05) is 114 Å². The largest absolute Gasteiger partial charge is 0.393 e. The molecule has 3 aliphatic carbocycles. The standard InChI is InChI=1S/C12H22O2.C11H18O.6C2H6/c13-11-5-1-3-9(7-11)10-4-2-6-12(14)8-10;1-4-9-5-6-10(12)7-11(9)8(2)3;6*1-2/h9-14H,1-8H2;4,9-12H,1-2,5-7H2,3H3;6*1-2H3. The number of aliphatic hydroxyl groups excluding tert-OH is 3. The Morgan fingerprint density at radius 3 is 1.18 bits per heavy atom. The molecule has 0 spiro atoms. The van der Waals surface area contributed by atoms with E-state index in [0.29, 0.717) is 23.7 Å². The number of aliphatic hydroxyl groups is 3. The van der Waals surface area contributed by atoms with Crippen LogP contribution in [0.4, 0.5) is 0 Å². The number of allylic oxidation sites excluding steroid dienone is 2. The summed E-state index contributed by atoms with van der Waals surface area (Å²) in [5, 5.41) is 28.7. The van der Waals surface area contributed by atoms with E-state index < -0.39 is 0 Å². The van der Waals surface area contributed by atoms with Gasteiger partial charge in [0.2, 0.25) is 0 Å². The molecule has 3 nitrogen and oxygen atoms in total. The van der Waals surface area contributed by atoms with Crippen molar-refractivity contribution in [3.8, 4) is 0 Å². The van der Waals surface area contributed by atoms with Crippen molar-refractivity contribution < 1.29 is 15.3 Å². The molecule has 3 N–H and O–H groups in total. The highest BCUT2D eigenvalue weighted by Crippen LogP contribution is 2.38. The highest BCUT2D eigenvalue weighted by Gasteiger charge is 2.31. The smallest absolute Gasteiger partial charge is 0.0546 e. The molecule has 3 rings (SSSR count). The van der Waals surface area contributed by atoms with Crippen molar-refractivity contribution in [2.75, 3.05) is 0 Å². The molecule has 0 radical (unpaired) electrons. The minimum Gasteiger partial charge on any atom is -0.393 e. The molecule has 38 heavy (non-hydrogen) atoms. The predicted octanol–water partition coefficient (Wildman–Crippen LogP) is 10.8. The van der Waals surface area contributed by atoms with Crippen molar-refractivity contribution in [3.63, 3.8) is 0 Å². The summed E-state index contributed by atoms with van der Waals surface area (Å²) in [7, 11) is 0. The van der Waals surface area contributed by atoms with Crippen molar-refractivity contribution in [1.29, 1.82) is 0 Å². The van der Waals surface area contributed by atoms with E-state index in [-0.39, 0.29) is 18.3 Å². The van der Waals surface area contributed by atoms with Crippen LogP contribution in [0.15, 0.2) is 24.8 Å². The summed E-state index contributed by atoms with van der Waals surface area (Å²) in [5.74, 6) is 2.36. The van der Waals surface area contributed by atoms with Crippen LogP contribution in [0, 0.1) is 23.7 Å². The zero-order valence-electron chi connectivity index (χ0n) is 28.7. The van der Waals surface area contributed by atoms with Gasteiger partial charge >= 0.3 is 0 Å². The second-order valence-corrected chi connectivity index (χ2v) is 8.98. The molecule has 3 fully saturated rings.